The highest BCUT2D eigenvalue weighted by Crippen LogP contribution is 2.34. The van der Waals surface area contributed by atoms with Crippen molar-refractivity contribution < 1.29 is 9.53 Å². The lowest BCUT2D eigenvalue weighted by atomic mass is 9.87. The van der Waals surface area contributed by atoms with Gasteiger partial charge in [0.25, 0.3) is 5.91 Å². The van der Waals surface area contributed by atoms with E-state index in [1.165, 1.54) is 12.8 Å². The van der Waals surface area contributed by atoms with Gasteiger partial charge in [0.1, 0.15) is 5.75 Å². The summed E-state index contributed by atoms with van der Waals surface area (Å²) in [5, 5.41) is 5.37. The van der Waals surface area contributed by atoms with Crippen LogP contribution in [-0.4, -0.2) is 24.0 Å². The minimum atomic E-state index is -0.0394. The molecule has 162 valence electrons. The van der Waals surface area contributed by atoms with Gasteiger partial charge in [0.15, 0.2) is 0 Å². The minimum Gasteiger partial charge on any atom is -0.495 e. The van der Waals surface area contributed by atoms with Gasteiger partial charge in [-0.15, -0.1) is 0 Å². The molecule has 1 fully saturated rings. The van der Waals surface area contributed by atoms with Gasteiger partial charge in [-0.3, -0.25) is 9.78 Å². The molecule has 1 heterocycles. The summed E-state index contributed by atoms with van der Waals surface area (Å²) in [5.41, 5.74) is 3.96. The molecule has 2 aromatic carbocycles. The highest BCUT2D eigenvalue weighted by Gasteiger charge is 2.24. The summed E-state index contributed by atoms with van der Waals surface area (Å²) in [6.45, 7) is 4.38. The van der Waals surface area contributed by atoms with Crippen LogP contribution in [0.5, 0.6) is 5.75 Å². The topological polar surface area (TPSA) is 51.2 Å². The maximum absolute atomic E-state index is 13.3. The zero-order chi connectivity index (χ0) is 21.8. The molecule has 2 atom stereocenters. The van der Waals surface area contributed by atoms with Crippen molar-refractivity contribution in [3.63, 3.8) is 0 Å². The van der Waals surface area contributed by atoms with Crippen molar-refractivity contribution in [3.05, 3.63) is 71.0 Å². The second kappa shape index (κ2) is 9.51. The maximum atomic E-state index is 13.3. The Bertz CT molecular complexity index is 1060. The fourth-order valence-electron chi connectivity index (χ4n) is 4.78. The average Bonchev–Trinajstić information content (AvgIpc) is 2.79. The molecule has 3 aromatic rings. The fourth-order valence-corrected chi connectivity index (χ4v) is 4.78. The Morgan fingerprint density at radius 1 is 1.16 bits per heavy atom. The molecule has 0 aliphatic heterocycles. The van der Waals surface area contributed by atoms with E-state index in [0.29, 0.717) is 17.2 Å². The van der Waals surface area contributed by atoms with Crippen LogP contribution >= 0.6 is 0 Å². The van der Waals surface area contributed by atoms with Crippen molar-refractivity contribution >= 4 is 16.7 Å². The monoisotopic (exact) mass is 416 g/mol. The number of amides is 1. The molecular formula is C27H32N2O2. The number of carbonyl (C=O) groups excluding carboxylic acids is 1. The quantitative estimate of drug-likeness (QED) is 0.560. The number of benzene rings is 2. The van der Waals surface area contributed by atoms with E-state index in [4.69, 9.17) is 4.74 Å². The first kappa shape index (κ1) is 21.4. The first-order valence-corrected chi connectivity index (χ1v) is 11.4. The van der Waals surface area contributed by atoms with Crippen LogP contribution in [0.3, 0.4) is 0 Å². The van der Waals surface area contributed by atoms with Crippen molar-refractivity contribution in [2.24, 2.45) is 5.92 Å². The number of rotatable bonds is 6. The molecule has 0 saturated heterocycles. The number of fused-ring (bicyclic) bond motifs is 1. The summed E-state index contributed by atoms with van der Waals surface area (Å²) < 4.78 is 5.75. The van der Waals surface area contributed by atoms with Crippen molar-refractivity contribution in [1.29, 1.82) is 0 Å². The number of pyridine rings is 1. The minimum absolute atomic E-state index is 0.0394. The number of carbonyl (C=O) groups is 1. The molecule has 1 aliphatic carbocycles. The van der Waals surface area contributed by atoms with E-state index in [1.54, 1.807) is 7.11 Å². The molecule has 0 unspecified atom stereocenters. The molecule has 1 aromatic heterocycles. The Labute approximate surface area is 185 Å². The maximum Gasteiger partial charge on any atom is 0.255 e. The van der Waals surface area contributed by atoms with Gasteiger partial charge in [0, 0.05) is 23.3 Å². The summed E-state index contributed by atoms with van der Waals surface area (Å²) in [6, 6.07) is 14.6. The van der Waals surface area contributed by atoms with E-state index in [0.717, 1.165) is 53.3 Å². The van der Waals surface area contributed by atoms with Crippen LogP contribution in [-0.2, 0) is 12.8 Å². The van der Waals surface area contributed by atoms with E-state index >= 15 is 0 Å². The molecule has 1 saturated carbocycles. The summed E-state index contributed by atoms with van der Waals surface area (Å²) in [4.78, 5) is 17.9. The van der Waals surface area contributed by atoms with Crippen LogP contribution in [0.25, 0.3) is 10.8 Å². The van der Waals surface area contributed by atoms with Crippen LogP contribution < -0.4 is 10.1 Å². The third-order valence-corrected chi connectivity index (χ3v) is 6.44. The number of aromatic nitrogens is 1. The van der Waals surface area contributed by atoms with Gasteiger partial charge in [-0.1, -0.05) is 57.0 Å². The van der Waals surface area contributed by atoms with Gasteiger partial charge in [0.05, 0.1) is 12.7 Å². The van der Waals surface area contributed by atoms with E-state index in [2.05, 4.69) is 42.3 Å². The Hall–Kier alpha value is -2.88. The van der Waals surface area contributed by atoms with Gasteiger partial charge in [0.2, 0.25) is 0 Å². The first-order chi connectivity index (χ1) is 15.1. The van der Waals surface area contributed by atoms with Crippen LogP contribution in [0.2, 0.25) is 0 Å². The second-order valence-electron chi connectivity index (χ2n) is 8.79. The van der Waals surface area contributed by atoms with Crippen LogP contribution in [0.1, 0.15) is 66.7 Å². The van der Waals surface area contributed by atoms with Crippen molar-refractivity contribution in [1.82, 2.24) is 10.3 Å². The third kappa shape index (κ3) is 4.73. The molecule has 4 heteroatoms. The number of ether oxygens (including phenoxy) is 1. The van der Waals surface area contributed by atoms with E-state index in [1.807, 2.05) is 30.5 Å². The van der Waals surface area contributed by atoms with E-state index in [-0.39, 0.29) is 11.9 Å². The number of aryl methyl sites for hydroxylation is 1. The highest BCUT2D eigenvalue weighted by atomic mass is 16.5. The first-order valence-electron chi connectivity index (χ1n) is 11.4. The van der Waals surface area contributed by atoms with Crippen molar-refractivity contribution in [3.8, 4) is 5.75 Å². The van der Waals surface area contributed by atoms with Crippen LogP contribution in [0.4, 0.5) is 0 Å². The Morgan fingerprint density at radius 2 is 1.97 bits per heavy atom. The smallest absolute Gasteiger partial charge is 0.255 e. The highest BCUT2D eigenvalue weighted by molar-refractivity contribution is 6.05. The number of nitrogens with zero attached hydrogens (tertiary/aromatic N) is 1. The van der Waals surface area contributed by atoms with Gasteiger partial charge in [-0.05, 0) is 60.2 Å². The summed E-state index contributed by atoms with van der Waals surface area (Å²) in [5.74, 6) is 1.27. The second-order valence-corrected chi connectivity index (χ2v) is 8.79. The lowest BCUT2D eigenvalue weighted by molar-refractivity contribution is 0.0918. The van der Waals surface area contributed by atoms with Gasteiger partial charge >= 0.3 is 0 Å². The Morgan fingerprint density at radius 3 is 2.65 bits per heavy atom. The molecular weight excluding hydrogens is 384 g/mol. The molecule has 1 N–H and O–H groups in total. The van der Waals surface area contributed by atoms with Gasteiger partial charge in [-0.25, -0.2) is 0 Å². The number of hydrogen-bond donors (Lipinski definition) is 1. The van der Waals surface area contributed by atoms with Crippen LogP contribution in [0, 0.1) is 5.92 Å². The molecule has 0 bridgehead atoms. The van der Waals surface area contributed by atoms with Crippen molar-refractivity contribution in [2.75, 3.05) is 7.11 Å². The number of nitrogens with one attached hydrogen (secondary N) is 1. The Balaban J connectivity index is 1.71. The van der Waals surface area contributed by atoms with Crippen molar-refractivity contribution in [2.45, 2.75) is 58.4 Å². The summed E-state index contributed by atoms with van der Waals surface area (Å²) in [7, 11) is 1.65. The zero-order valence-electron chi connectivity index (χ0n) is 18.8. The summed E-state index contributed by atoms with van der Waals surface area (Å²) in [6.07, 6.45) is 8.12. The lowest BCUT2D eigenvalue weighted by Crippen LogP contribution is -2.38. The zero-order valence-corrected chi connectivity index (χ0v) is 18.8. The fraction of sp³-hybridized carbons (Fsp3) is 0.407. The predicted molar refractivity (Wildman–Crippen MR) is 126 cm³/mol. The van der Waals surface area contributed by atoms with Crippen LogP contribution in [0.15, 0.2) is 48.7 Å². The lowest BCUT2D eigenvalue weighted by Gasteiger charge is -2.28. The molecule has 1 amide bonds. The van der Waals surface area contributed by atoms with E-state index < -0.39 is 0 Å². The predicted octanol–water partition coefficient (Wildman–Crippen LogP) is 5.71. The summed E-state index contributed by atoms with van der Waals surface area (Å²) >= 11 is 0. The largest absolute Gasteiger partial charge is 0.495 e. The number of methoxy groups -OCH3 is 1. The number of hydrogen-bond acceptors (Lipinski definition) is 3. The van der Waals surface area contributed by atoms with Gasteiger partial charge < -0.3 is 10.1 Å². The van der Waals surface area contributed by atoms with E-state index in [9.17, 15) is 4.79 Å². The SMILES string of the molecule is CCc1ccc(Cc2cc(C(=O)N[C@@H]3CCC[C@@H](C)C3)c(OC)c3ccccc23)cn1. The molecule has 0 spiro atoms. The van der Waals surface area contributed by atoms with Gasteiger partial charge in [-0.2, -0.15) is 0 Å². The molecule has 0 radical (unpaired) electrons. The third-order valence-electron chi connectivity index (χ3n) is 6.44. The molecule has 4 rings (SSSR count). The molecule has 1 aliphatic rings. The average molecular weight is 417 g/mol. The Kier molecular flexibility index (Phi) is 6.55. The normalized spacial score (nSPS) is 18.7. The molecule has 4 nitrogen and oxygen atoms in total. The molecule has 31 heavy (non-hydrogen) atoms. The standard InChI is InChI=1S/C27H32N2O2/c1-4-21-13-12-19(17-28-21)15-20-16-25(26(31-3)24-11-6-5-10-23(20)24)27(30)29-22-9-7-8-18(2)14-22/h5-6,10-13,16-18,22H,4,7-9,14-15H2,1-3H3,(H,29,30)/t18-,22-/m1/s1.